The molecule has 1 aromatic rings. The summed E-state index contributed by atoms with van der Waals surface area (Å²) in [6.45, 7) is 3.67. The fraction of sp³-hybridized carbons (Fsp3) is 0.412. The van der Waals surface area contributed by atoms with Crippen molar-refractivity contribution >= 4 is 23.2 Å². The molecule has 0 saturated heterocycles. The van der Waals surface area contributed by atoms with Gasteiger partial charge in [-0.15, -0.1) is 0 Å². The minimum Gasteiger partial charge on any atom is -0.454 e. The molecule has 0 spiro atoms. The molecule has 0 saturated carbocycles. The van der Waals surface area contributed by atoms with E-state index in [9.17, 15) is 9.59 Å². The van der Waals surface area contributed by atoms with Gasteiger partial charge in [-0.1, -0.05) is 25.5 Å². The van der Waals surface area contributed by atoms with Gasteiger partial charge in [0.2, 0.25) is 0 Å². The van der Waals surface area contributed by atoms with Gasteiger partial charge in [-0.2, -0.15) is 5.26 Å². The second-order valence-corrected chi connectivity index (χ2v) is 5.11. The highest BCUT2D eigenvalue weighted by Crippen LogP contribution is 2.16. The van der Waals surface area contributed by atoms with Crippen molar-refractivity contribution in [2.75, 3.05) is 18.5 Å². The fourth-order valence-electron chi connectivity index (χ4n) is 1.92. The Kier molecular flexibility index (Phi) is 7.48. The summed E-state index contributed by atoms with van der Waals surface area (Å²) in [5, 5.41) is 19.4. The van der Waals surface area contributed by atoms with Crippen LogP contribution < -0.4 is 5.32 Å². The molecule has 1 rings (SSSR count). The number of carbonyl (C=O) groups is 2. The van der Waals surface area contributed by atoms with Crippen molar-refractivity contribution in [3.05, 3.63) is 29.8 Å². The molecule has 1 aromatic carbocycles. The van der Waals surface area contributed by atoms with Crippen molar-refractivity contribution in [2.45, 2.75) is 26.7 Å². The lowest BCUT2D eigenvalue weighted by molar-refractivity contribution is -0.122. The van der Waals surface area contributed by atoms with Gasteiger partial charge in [0.25, 0.3) is 0 Å². The first-order chi connectivity index (χ1) is 11.0. The Morgan fingerprint density at radius 1 is 1.39 bits per heavy atom. The highest BCUT2D eigenvalue weighted by molar-refractivity contribution is 6.06. The van der Waals surface area contributed by atoms with Gasteiger partial charge in [0.05, 0.1) is 11.6 Å². The van der Waals surface area contributed by atoms with E-state index in [1.54, 1.807) is 30.3 Å². The molecule has 23 heavy (non-hydrogen) atoms. The number of unbranched alkanes of at least 4 members (excludes halogenated alkanes) is 1. The first-order valence-electron chi connectivity index (χ1n) is 7.48. The van der Waals surface area contributed by atoms with Crippen LogP contribution in [0.25, 0.3) is 0 Å². The number of ether oxygens (including phenoxy) is 1. The average molecular weight is 315 g/mol. The molecule has 0 radical (unpaired) electrons. The molecule has 0 aliphatic heterocycles. The van der Waals surface area contributed by atoms with Gasteiger partial charge in [-0.3, -0.25) is 4.79 Å². The minimum atomic E-state index is -1.17. The third-order valence-electron chi connectivity index (χ3n) is 3.22. The van der Waals surface area contributed by atoms with E-state index in [4.69, 9.17) is 15.4 Å². The number of rotatable bonds is 9. The number of nitriles is 1. The summed E-state index contributed by atoms with van der Waals surface area (Å²) >= 11 is 0. The van der Waals surface area contributed by atoms with Crippen molar-refractivity contribution in [1.29, 1.82) is 10.7 Å². The van der Waals surface area contributed by atoms with Gasteiger partial charge < -0.3 is 15.5 Å². The molecule has 0 fully saturated rings. The Morgan fingerprint density at radius 2 is 2.09 bits per heavy atom. The van der Waals surface area contributed by atoms with E-state index in [2.05, 4.69) is 12.2 Å². The van der Waals surface area contributed by atoms with Crippen LogP contribution in [0.5, 0.6) is 0 Å². The van der Waals surface area contributed by atoms with Crippen molar-refractivity contribution in [2.24, 2.45) is 5.92 Å². The largest absolute Gasteiger partial charge is 0.454 e. The van der Waals surface area contributed by atoms with Crippen LogP contribution in [-0.2, 0) is 9.53 Å². The van der Waals surface area contributed by atoms with Gasteiger partial charge in [-0.25, -0.2) is 4.79 Å². The number of carbonyl (C=O) groups excluding carboxylic acids is 2. The lowest BCUT2D eigenvalue weighted by Gasteiger charge is -2.12. The van der Waals surface area contributed by atoms with Crippen molar-refractivity contribution in [3.63, 3.8) is 0 Å². The first-order valence-corrected chi connectivity index (χ1v) is 7.48. The van der Waals surface area contributed by atoms with Crippen LogP contribution in [-0.4, -0.2) is 30.6 Å². The maximum Gasteiger partial charge on any atom is 0.340 e. The summed E-state index contributed by atoms with van der Waals surface area (Å²) in [7, 11) is 0. The number of Topliss-reactive ketones (excluding diaryl/α,β-unsaturated/α-hetero) is 1. The Bertz CT molecular complexity index is 620. The van der Waals surface area contributed by atoms with Gasteiger partial charge in [0.1, 0.15) is 5.92 Å². The first kappa shape index (κ1) is 18.4. The summed E-state index contributed by atoms with van der Waals surface area (Å²) < 4.78 is 4.99. The van der Waals surface area contributed by atoms with Crippen LogP contribution >= 0.6 is 0 Å². The summed E-state index contributed by atoms with van der Waals surface area (Å²) in [6, 6.07) is 8.64. The van der Waals surface area contributed by atoms with Crippen LogP contribution in [0.4, 0.5) is 5.69 Å². The predicted molar refractivity (Wildman–Crippen MR) is 87.6 cm³/mol. The van der Waals surface area contributed by atoms with E-state index in [1.165, 1.54) is 6.92 Å². The third-order valence-corrected chi connectivity index (χ3v) is 3.22. The van der Waals surface area contributed by atoms with E-state index in [1.807, 2.05) is 0 Å². The number of nitrogens with zero attached hydrogens (tertiary/aromatic N) is 1. The highest BCUT2D eigenvalue weighted by Gasteiger charge is 2.22. The number of hydrogen-bond acceptors (Lipinski definition) is 6. The van der Waals surface area contributed by atoms with E-state index in [0.29, 0.717) is 11.3 Å². The predicted octanol–water partition coefficient (Wildman–Crippen LogP) is 2.80. The van der Waals surface area contributed by atoms with Crippen molar-refractivity contribution < 1.29 is 14.3 Å². The van der Waals surface area contributed by atoms with Gasteiger partial charge in [-0.05, 0) is 25.5 Å². The normalized spacial score (nSPS) is 11.2. The lowest BCUT2D eigenvalue weighted by Crippen LogP contribution is -2.25. The van der Waals surface area contributed by atoms with Crippen LogP contribution in [0, 0.1) is 22.7 Å². The number of para-hydroxylation sites is 1. The zero-order valence-corrected chi connectivity index (χ0v) is 13.4. The highest BCUT2D eigenvalue weighted by atomic mass is 16.5. The summed E-state index contributed by atoms with van der Waals surface area (Å²) in [4.78, 5) is 23.9. The Morgan fingerprint density at radius 3 is 2.70 bits per heavy atom. The van der Waals surface area contributed by atoms with Crippen LogP contribution in [0.3, 0.4) is 0 Å². The topological polar surface area (TPSA) is 103 Å². The SMILES string of the molecule is CCCCNc1ccccc1C(=O)OCC(=O)[C@H](C#N)C(C)=N. The average Bonchev–Trinajstić information content (AvgIpc) is 2.53. The van der Waals surface area contributed by atoms with Crippen molar-refractivity contribution in [1.82, 2.24) is 0 Å². The maximum absolute atomic E-state index is 12.1. The second-order valence-electron chi connectivity index (χ2n) is 5.11. The number of benzene rings is 1. The fourth-order valence-corrected chi connectivity index (χ4v) is 1.92. The molecule has 6 nitrogen and oxygen atoms in total. The lowest BCUT2D eigenvalue weighted by atomic mass is 10.0. The van der Waals surface area contributed by atoms with Crippen LogP contribution in [0.1, 0.15) is 37.0 Å². The Labute approximate surface area is 136 Å². The van der Waals surface area contributed by atoms with E-state index in [0.717, 1.165) is 19.4 Å². The standard InChI is InChI=1S/C17H21N3O3/c1-3-4-9-20-15-8-6-5-7-13(15)17(22)23-11-16(21)14(10-18)12(2)19/h5-8,14,19-20H,3-4,9,11H2,1-2H3/t14-/m1/s1. The van der Waals surface area contributed by atoms with Crippen LogP contribution in [0.15, 0.2) is 24.3 Å². The third kappa shape index (κ3) is 5.55. The molecule has 2 N–H and O–H groups in total. The maximum atomic E-state index is 12.1. The molecule has 1 atom stereocenters. The van der Waals surface area contributed by atoms with Gasteiger partial charge >= 0.3 is 5.97 Å². The molecule has 0 amide bonds. The summed E-state index contributed by atoms with van der Waals surface area (Å²) in [5.74, 6) is -2.39. The molecular formula is C17H21N3O3. The minimum absolute atomic E-state index is 0.0600. The van der Waals surface area contributed by atoms with Crippen molar-refractivity contribution in [3.8, 4) is 6.07 Å². The molecule has 0 aliphatic rings. The summed E-state index contributed by atoms with van der Waals surface area (Å²) in [6.07, 6.45) is 2.01. The number of anilines is 1. The number of hydrogen-bond donors (Lipinski definition) is 2. The number of ketones is 1. The second kappa shape index (κ2) is 9.36. The summed E-state index contributed by atoms with van der Waals surface area (Å²) in [5.41, 5.74) is 0.935. The molecular weight excluding hydrogens is 294 g/mol. The van der Waals surface area contributed by atoms with E-state index < -0.39 is 24.3 Å². The van der Waals surface area contributed by atoms with Crippen LogP contribution in [0.2, 0.25) is 0 Å². The number of nitrogens with one attached hydrogen (secondary N) is 2. The van der Waals surface area contributed by atoms with Gasteiger partial charge in [0.15, 0.2) is 12.4 Å². The Hall–Kier alpha value is -2.68. The van der Waals surface area contributed by atoms with E-state index in [-0.39, 0.29) is 5.71 Å². The molecule has 0 unspecified atom stereocenters. The molecule has 0 heterocycles. The zero-order chi connectivity index (χ0) is 17.2. The molecule has 122 valence electrons. The molecule has 6 heteroatoms. The quantitative estimate of drug-likeness (QED) is 0.414. The molecule has 0 bridgehead atoms. The van der Waals surface area contributed by atoms with E-state index >= 15 is 0 Å². The monoisotopic (exact) mass is 315 g/mol. The molecule has 0 aliphatic carbocycles. The van der Waals surface area contributed by atoms with Gasteiger partial charge in [0, 0.05) is 17.9 Å². The molecule has 0 aromatic heterocycles. The number of esters is 1. The smallest absolute Gasteiger partial charge is 0.340 e. The Balaban J connectivity index is 2.70. The zero-order valence-electron chi connectivity index (χ0n) is 13.4.